The SMILES string of the molecule is CCOC(=O)CSCC(=O)N(C)CC(=O)Nc1ccc(Br)cc1C. The Morgan fingerprint density at radius 3 is 2.62 bits per heavy atom. The Hall–Kier alpha value is -1.54. The van der Waals surface area contributed by atoms with Gasteiger partial charge in [0.1, 0.15) is 0 Å². The summed E-state index contributed by atoms with van der Waals surface area (Å²) >= 11 is 4.54. The minimum atomic E-state index is -0.346. The van der Waals surface area contributed by atoms with Crippen molar-refractivity contribution in [2.75, 3.05) is 37.0 Å². The van der Waals surface area contributed by atoms with Crippen LogP contribution >= 0.6 is 27.7 Å². The number of hydrogen-bond acceptors (Lipinski definition) is 5. The summed E-state index contributed by atoms with van der Waals surface area (Å²) in [4.78, 5) is 36.5. The van der Waals surface area contributed by atoms with Crippen LogP contribution in [0, 0.1) is 6.92 Å². The van der Waals surface area contributed by atoms with Crippen LogP contribution < -0.4 is 5.32 Å². The van der Waals surface area contributed by atoms with Crippen LogP contribution in [0.15, 0.2) is 22.7 Å². The number of ether oxygens (including phenoxy) is 1. The summed E-state index contributed by atoms with van der Waals surface area (Å²) in [6.07, 6.45) is 0. The van der Waals surface area contributed by atoms with Crippen LogP contribution in [0.25, 0.3) is 0 Å². The Kier molecular flexibility index (Phi) is 8.84. The molecule has 0 aliphatic carbocycles. The number of aryl methyl sites for hydroxylation is 1. The summed E-state index contributed by atoms with van der Waals surface area (Å²) in [7, 11) is 1.56. The molecule has 132 valence electrons. The Morgan fingerprint density at radius 1 is 1.29 bits per heavy atom. The van der Waals surface area contributed by atoms with Crippen molar-refractivity contribution in [1.82, 2.24) is 4.90 Å². The van der Waals surface area contributed by atoms with E-state index in [-0.39, 0.29) is 35.8 Å². The van der Waals surface area contributed by atoms with Crippen LogP contribution in [0.3, 0.4) is 0 Å². The lowest BCUT2D eigenvalue weighted by atomic mass is 10.2. The van der Waals surface area contributed by atoms with Gasteiger partial charge in [-0.2, -0.15) is 0 Å². The molecule has 0 spiro atoms. The molecule has 0 aliphatic heterocycles. The molecule has 0 fully saturated rings. The number of rotatable bonds is 8. The predicted octanol–water partition coefficient (Wildman–Crippen LogP) is 2.45. The number of hydrogen-bond donors (Lipinski definition) is 1. The number of likely N-dealkylation sites (N-methyl/N-ethyl adjacent to an activating group) is 1. The maximum absolute atomic E-state index is 12.0. The standard InChI is InChI=1S/C16H21BrN2O4S/c1-4-23-16(22)10-24-9-15(21)19(3)8-14(20)18-13-6-5-12(17)7-11(13)2/h5-7H,4,8-10H2,1-3H3,(H,18,20). The number of carbonyl (C=O) groups is 3. The summed E-state index contributed by atoms with van der Waals surface area (Å²) in [5.74, 6) is -0.586. The number of thioether (sulfide) groups is 1. The Bertz CT molecular complexity index is 610. The van der Waals surface area contributed by atoms with Gasteiger partial charge in [0.2, 0.25) is 11.8 Å². The summed E-state index contributed by atoms with van der Waals surface area (Å²) in [6.45, 7) is 3.89. The van der Waals surface area contributed by atoms with Gasteiger partial charge in [0.15, 0.2) is 0 Å². The van der Waals surface area contributed by atoms with Crippen LogP contribution in [0.4, 0.5) is 5.69 Å². The van der Waals surface area contributed by atoms with E-state index in [2.05, 4.69) is 21.2 Å². The Morgan fingerprint density at radius 2 is 2.00 bits per heavy atom. The van der Waals surface area contributed by atoms with Gasteiger partial charge in [0.25, 0.3) is 0 Å². The molecule has 2 amide bonds. The third kappa shape index (κ3) is 7.35. The van der Waals surface area contributed by atoms with E-state index in [4.69, 9.17) is 4.74 Å². The summed E-state index contributed by atoms with van der Waals surface area (Å²) in [6, 6.07) is 5.54. The smallest absolute Gasteiger partial charge is 0.315 e. The van der Waals surface area contributed by atoms with Gasteiger partial charge in [-0.25, -0.2) is 0 Å². The van der Waals surface area contributed by atoms with Crippen LogP contribution in [0.1, 0.15) is 12.5 Å². The second kappa shape index (κ2) is 10.4. The summed E-state index contributed by atoms with van der Waals surface area (Å²) in [5, 5.41) is 2.78. The fourth-order valence-corrected chi connectivity index (χ4v) is 3.02. The highest BCUT2D eigenvalue weighted by molar-refractivity contribution is 9.10. The van der Waals surface area contributed by atoms with E-state index in [1.807, 2.05) is 19.1 Å². The highest BCUT2D eigenvalue weighted by Crippen LogP contribution is 2.19. The molecule has 0 atom stereocenters. The van der Waals surface area contributed by atoms with Crippen LogP contribution in [-0.2, 0) is 19.1 Å². The number of benzene rings is 1. The van der Waals surface area contributed by atoms with Crippen LogP contribution in [-0.4, -0.2) is 54.4 Å². The molecule has 0 unspecified atom stereocenters. The van der Waals surface area contributed by atoms with E-state index in [0.717, 1.165) is 10.0 Å². The molecule has 6 nitrogen and oxygen atoms in total. The van der Waals surface area contributed by atoms with Gasteiger partial charge in [0, 0.05) is 17.2 Å². The first-order valence-electron chi connectivity index (χ1n) is 7.36. The van der Waals surface area contributed by atoms with Crippen molar-refractivity contribution in [2.45, 2.75) is 13.8 Å². The molecule has 0 bridgehead atoms. The number of carbonyl (C=O) groups excluding carboxylic acids is 3. The first kappa shape index (κ1) is 20.5. The molecule has 1 aromatic carbocycles. The van der Waals surface area contributed by atoms with E-state index >= 15 is 0 Å². The van der Waals surface area contributed by atoms with E-state index < -0.39 is 0 Å². The molecule has 8 heteroatoms. The third-order valence-electron chi connectivity index (χ3n) is 3.02. The fourth-order valence-electron chi connectivity index (χ4n) is 1.80. The van der Waals surface area contributed by atoms with Gasteiger partial charge >= 0.3 is 5.97 Å². The monoisotopic (exact) mass is 416 g/mol. The molecule has 1 rings (SSSR count). The fraction of sp³-hybridized carbons (Fsp3) is 0.438. The Balaban J connectivity index is 2.40. The second-order valence-corrected chi connectivity index (χ2v) is 6.96. The summed E-state index contributed by atoms with van der Waals surface area (Å²) < 4.78 is 5.72. The molecule has 0 aromatic heterocycles. The lowest BCUT2D eigenvalue weighted by Gasteiger charge is -2.17. The van der Waals surface area contributed by atoms with Gasteiger partial charge in [-0.05, 0) is 37.6 Å². The number of halogens is 1. The second-order valence-electron chi connectivity index (χ2n) is 5.06. The van der Waals surface area contributed by atoms with Crippen molar-refractivity contribution in [3.63, 3.8) is 0 Å². The minimum Gasteiger partial charge on any atom is -0.465 e. The lowest BCUT2D eigenvalue weighted by Crippen LogP contribution is -2.36. The average molecular weight is 417 g/mol. The highest BCUT2D eigenvalue weighted by atomic mass is 79.9. The van der Waals surface area contributed by atoms with Gasteiger partial charge in [-0.15, -0.1) is 11.8 Å². The van der Waals surface area contributed by atoms with E-state index in [1.165, 1.54) is 16.7 Å². The van der Waals surface area contributed by atoms with Crippen LogP contribution in [0.2, 0.25) is 0 Å². The van der Waals surface area contributed by atoms with E-state index in [1.54, 1.807) is 20.0 Å². The van der Waals surface area contributed by atoms with Gasteiger partial charge in [-0.1, -0.05) is 15.9 Å². The van der Waals surface area contributed by atoms with Crippen molar-refractivity contribution in [2.24, 2.45) is 0 Å². The van der Waals surface area contributed by atoms with Crippen molar-refractivity contribution >= 4 is 51.2 Å². The molecule has 1 aromatic rings. The number of amides is 2. The summed E-state index contributed by atoms with van der Waals surface area (Å²) in [5.41, 5.74) is 1.64. The average Bonchev–Trinajstić information content (AvgIpc) is 2.50. The molecule has 0 radical (unpaired) electrons. The topological polar surface area (TPSA) is 75.7 Å². The predicted molar refractivity (Wildman–Crippen MR) is 99.1 cm³/mol. The maximum atomic E-state index is 12.0. The van der Waals surface area contributed by atoms with Gasteiger partial charge in [0.05, 0.1) is 24.7 Å². The molecule has 0 saturated heterocycles. The number of anilines is 1. The number of esters is 1. The highest BCUT2D eigenvalue weighted by Gasteiger charge is 2.14. The zero-order valence-corrected chi connectivity index (χ0v) is 16.3. The van der Waals surface area contributed by atoms with E-state index in [9.17, 15) is 14.4 Å². The largest absolute Gasteiger partial charge is 0.465 e. The van der Waals surface area contributed by atoms with Crippen molar-refractivity contribution in [1.29, 1.82) is 0 Å². The van der Waals surface area contributed by atoms with E-state index in [0.29, 0.717) is 12.3 Å². The quantitative estimate of drug-likeness (QED) is 0.658. The first-order chi connectivity index (χ1) is 11.3. The van der Waals surface area contributed by atoms with Gasteiger partial charge < -0.3 is 15.0 Å². The van der Waals surface area contributed by atoms with Crippen molar-refractivity contribution in [3.05, 3.63) is 28.2 Å². The molecule has 0 heterocycles. The van der Waals surface area contributed by atoms with Crippen molar-refractivity contribution in [3.8, 4) is 0 Å². The third-order valence-corrected chi connectivity index (χ3v) is 4.40. The number of nitrogens with one attached hydrogen (secondary N) is 1. The molecular weight excluding hydrogens is 396 g/mol. The minimum absolute atomic E-state index is 0.0473. The zero-order chi connectivity index (χ0) is 18.1. The molecular formula is C16H21BrN2O4S. The molecule has 24 heavy (non-hydrogen) atoms. The Labute approximate surface area is 154 Å². The molecule has 1 N–H and O–H groups in total. The van der Waals surface area contributed by atoms with Crippen LogP contribution in [0.5, 0.6) is 0 Å². The molecule has 0 aliphatic rings. The molecule has 0 saturated carbocycles. The lowest BCUT2D eigenvalue weighted by molar-refractivity contribution is -0.139. The normalized spacial score (nSPS) is 10.2. The van der Waals surface area contributed by atoms with Gasteiger partial charge in [-0.3, -0.25) is 14.4 Å². The first-order valence-corrected chi connectivity index (χ1v) is 9.31. The maximum Gasteiger partial charge on any atom is 0.315 e. The zero-order valence-electron chi connectivity index (χ0n) is 13.9. The number of nitrogens with zero attached hydrogens (tertiary/aromatic N) is 1. The van der Waals surface area contributed by atoms with Crippen molar-refractivity contribution < 1.29 is 19.1 Å².